The molecule has 0 spiro atoms. The molecule has 1 aromatic heterocycles. The van der Waals surface area contributed by atoms with Gasteiger partial charge in [-0.2, -0.15) is 5.26 Å². The van der Waals surface area contributed by atoms with E-state index in [9.17, 15) is 0 Å². The number of hydrogen-bond acceptors (Lipinski definition) is 4. The summed E-state index contributed by atoms with van der Waals surface area (Å²) < 4.78 is 6.47. The monoisotopic (exact) mass is 351 g/mol. The van der Waals surface area contributed by atoms with Gasteiger partial charge in [0.1, 0.15) is 6.61 Å². The van der Waals surface area contributed by atoms with Crippen molar-refractivity contribution in [2.45, 2.75) is 6.61 Å². The number of hydrogen-bond donors (Lipinski definition) is 1. The SMILES string of the molecule is N#Cc1cc(N)c(OCc2ccccn2)c(I)c1. The number of nitrogens with zero attached hydrogens (tertiary/aromatic N) is 2. The molecule has 0 aliphatic carbocycles. The van der Waals surface area contributed by atoms with Crippen LogP contribution in [0, 0.1) is 14.9 Å². The highest BCUT2D eigenvalue weighted by Crippen LogP contribution is 2.30. The van der Waals surface area contributed by atoms with Crippen LogP contribution in [0.2, 0.25) is 0 Å². The Morgan fingerprint density at radius 1 is 1.39 bits per heavy atom. The average Bonchev–Trinajstić information content (AvgIpc) is 2.38. The van der Waals surface area contributed by atoms with E-state index in [0.717, 1.165) is 9.26 Å². The Balaban J connectivity index is 2.18. The Morgan fingerprint density at radius 2 is 2.22 bits per heavy atom. The van der Waals surface area contributed by atoms with Gasteiger partial charge in [-0.25, -0.2) is 0 Å². The molecular weight excluding hydrogens is 341 g/mol. The van der Waals surface area contributed by atoms with E-state index >= 15 is 0 Å². The number of ether oxygens (including phenoxy) is 1. The maximum Gasteiger partial charge on any atom is 0.156 e. The summed E-state index contributed by atoms with van der Waals surface area (Å²) in [5, 5.41) is 8.83. The molecular formula is C13H10IN3O. The normalized spacial score (nSPS) is 9.78. The van der Waals surface area contributed by atoms with Crippen molar-refractivity contribution in [2.24, 2.45) is 0 Å². The third-order valence-electron chi connectivity index (χ3n) is 2.29. The Kier molecular flexibility index (Phi) is 3.99. The molecule has 2 aromatic rings. The van der Waals surface area contributed by atoms with Crippen LogP contribution in [-0.2, 0) is 6.61 Å². The average molecular weight is 351 g/mol. The van der Waals surface area contributed by atoms with Gasteiger partial charge in [-0.15, -0.1) is 0 Å². The first kappa shape index (κ1) is 12.6. The van der Waals surface area contributed by atoms with Crippen LogP contribution < -0.4 is 10.5 Å². The largest absolute Gasteiger partial charge is 0.484 e. The van der Waals surface area contributed by atoms with Crippen molar-refractivity contribution < 1.29 is 4.74 Å². The number of pyridine rings is 1. The maximum atomic E-state index is 8.83. The van der Waals surface area contributed by atoms with Crippen LogP contribution in [0.25, 0.3) is 0 Å². The van der Waals surface area contributed by atoms with Gasteiger partial charge in [0.15, 0.2) is 5.75 Å². The lowest BCUT2D eigenvalue weighted by Crippen LogP contribution is -2.02. The summed E-state index contributed by atoms with van der Waals surface area (Å²) in [5.74, 6) is 0.597. The van der Waals surface area contributed by atoms with E-state index in [1.807, 2.05) is 18.2 Å². The second kappa shape index (κ2) is 5.69. The molecule has 2 N–H and O–H groups in total. The van der Waals surface area contributed by atoms with Crippen molar-refractivity contribution in [2.75, 3.05) is 5.73 Å². The fourth-order valence-electron chi connectivity index (χ4n) is 1.46. The van der Waals surface area contributed by atoms with Crippen molar-refractivity contribution >= 4 is 28.3 Å². The fourth-order valence-corrected chi connectivity index (χ4v) is 2.26. The molecule has 1 aromatic carbocycles. The summed E-state index contributed by atoms with van der Waals surface area (Å²) in [7, 11) is 0. The zero-order valence-corrected chi connectivity index (χ0v) is 11.6. The number of nitriles is 1. The molecule has 5 heteroatoms. The van der Waals surface area contributed by atoms with Crippen molar-refractivity contribution in [3.63, 3.8) is 0 Å². The van der Waals surface area contributed by atoms with Crippen LogP contribution >= 0.6 is 22.6 Å². The molecule has 90 valence electrons. The zero-order valence-electron chi connectivity index (χ0n) is 9.43. The highest BCUT2D eigenvalue weighted by Gasteiger charge is 2.08. The van der Waals surface area contributed by atoms with Crippen LogP contribution in [-0.4, -0.2) is 4.98 Å². The minimum absolute atomic E-state index is 0.354. The van der Waals surface area contributed by atoms with E-state index in [0.29, 0.717) is 23.6 Å². The predicted molar refractivity (Wildman–Crippen MR) is 76.9 cm³/mol. The van der Waals surface area contributed by atoms with Crippen LogP contribution in [0.5, 0.6) is 5.75 Å². The summed E-state index contributed by atoms with van der Waals surface area (Å²) >= 11 is 2.10. The molecule has 0 saturated heterocycles. The van der Waals surface area contributed by atoms with Crippen molar-refractivity contribution in [1.29, 1.82) is 5.26 Å². The van der Waals surface area contributed by atoms with E-state index in [1.54, 1.807) is 18.3 Å². The van der Waals surface area contributed by atoms with Crippen LogP contribution in [0.15, 0.2) is 36.5 Å². The predicted octanol–water partition coefficient (Wildman–Crippen LogP) is 2.72. The van der Waals surface area contributed by atoms with Crippen LogP contribution in [0.1, 0.15) is 11.3 Å². The van der Waals surface area contributed by atoms with Gasteiger partial charge >= 0.3 is 0 Å². The molecule has 0 amide bonds. The number of halogens is 1. The standard InChI is InChI=1S/C13H10IN3O/c14-11-5-9(7-15)6-12(16)13(11)18-8-10-3-1-2-4-17-10/h1-6H,8,16H2. The molecule has 2 rings (SSSR count). The van der Waals surface area contributed by atoms with E-state index in [-0.39, 0.29) is 0 Å². The topological polar surface area (TPSA) is 71.9 Å². The van der Waals surface area contributed by atoms with E-state index < -0.39 is 0 Å². The molecule has 1 heterocycles. The second-order valence-corrected chi connectivity index (χ2v) is 4.76. The number of benzene rings is 1. The third-order valence-corrected chi connectivity index (χ3v) is 3.09. The number of nitrogens with two attached hydrogens (primary N) is 1. The van der Waals surface area contributed by atoms with Gasteiger partial charge in [-0.1, -0.05) is 6.07 Å². The van der Waals surface area contributed by atoms with Gasteiger partial charge in [0, 0.05) is 6.20 Å². The third kappa shape index (κ3) is 2.90. The maximum absolute atomic E-state index is 8.83. The lowest BCUT2D eigenvalue weighted by molar-refractivity contribution is 0.301. The Hall–Kier alpha value is -1.81. The first-order valence-corrected chi connectivity index (χ1v) is 6.30. The van der Waals surface area contributed by atoms with E-state index in [4.69, 9.17) is 15.7 Å². The van der Waals surface area contributed by atoms with Gasteiger partial charge in [0.25, 0.3) is 0 Å². The van der Waals surface area contributed by atoms with Gasteiger partial charge < -0.3 is 10.5 Å². The minimum Gasteiger partial charge on any atom is -0.484 e. The molecule has 0 bridgehead atoms. The number of aromatic nitrogens is 1. The van der Waals surface area contributed by atoms with Gasteiger partial charge in [0.2, 0.25) is 0 Å². The van der Waals surface area contributed by atoms with Crippen LogP contribution in [0.3, 0.4) is 0 Å². The Labute approximate surface area is 119 Å². The molecule has 0 fully saturated rings. The summed E-state index contributed by atoms with van der Waals surface area (Å²) in [4.78, 5) is 4.17. The summed E-state index contributed by atoms with van der Waals surface area (Å²) in [5.41, 5.74) is 7.69. The summed E-state index contributed by atoms with van der Waals surface area (Å²) in [6.07, 6.45) is 1.71. The number of anilines is 1. The number of rotatable bonds is 3. The van der Waals surface area contributed by atoms with Crippen molar-refractivity contribution in [3.8, 4) is 11.8 Å². The molecule has 0 unspecified atom stereocenters. The smallest absolute Gasteiger partial charge is 0.156 e. The molecule has 0 aliphatic rings. The molecule has 0 atom stereocenters. The second-order valence-electron chi connectivity index (χ2n) is 3.60. The van der Waals surface area contributed by atoms with Gasteiger partial charge in [-0.3, -0.25) is 4.98 Å². The summed E-state index contributed by atoms with van der Waals surface area (Å²) in [6.45, 7) is 0.354. The lowest BCUT2D eigenvalue weighted by atomic mass is 10.2. The molecule has 0 saturated carbocycles. The number of nitrogen functional groups attached to an aromatic ring is 1. The molecule has 18 heavy (non-hydrogen) atoms. The quantitative estimate of drug-likeness (QED) is 0.682. The van der Waals surface area contributed by atoms with Crippen molar-refractivity contribution in [3.05, 3.63) is 51.4 Å². The highest BCUT2D eigenvalue weighted by molar-refractivity contribution is 14.1. The van der Waals surface area contributed by atoms with Crippen molar-refractivity contribution in [1.82, 2.24) is 4.98 Å². The highest BCUT2D eigenvalue weighted by atomic mass is 127. The minimum atomic E-state index is 0.354. The van der Waals surface area contributed by atoms with Gasteiger partial charge in [-0.05, 0) is 46.9 Å². The first-order chi connectivity index (χ1) is 8.70. The van der Waals surface area contributed by atoms with E-state index in [1.165, 1.54) is 0 Å². The lowest BCUT2D eigenvalue weighted by Gasteiger charge is -2.10. The zero-order chi connectivity index (χ0) is 13.0. The Bertz CT molecular complexity index is 570. The summed E-state index contributed by atoms with van der Waals surface area (Å²) in [6, 6.07) is 11.0. The van der Waals surface area contributed by atoms with Gasteiger partial charge in [0.05, 0.1) is 26.6 Å². The van der Waals surface area contributed by atoms with Crippen LogP contribution in [0.4, 0.5) is 5.69 Å². The molecule has 0 radical (unpaired) electrons. The first-order valence-electron chi connectivity index (χ1n) is 5.22. The molecule has 4 nitrogen and oxygen atoms in total. The Morgan fingerprint density at radius 3 is 2.83 bits per heavy atom. The fraction of sp³-hybridized carbons (Fsp3) is 0.0769. The molecule has 0 aliphatic heterocycles. The van der Waals surface area contributed by atoms with E-state index in [2.05, 4.69) is 33.6 Å².